The maximum atomic E-state index is 13.5. The zero-order chi connectivity index (χ0) is 27.5. The van der Waals surface area contributed by atoms with Crippen LogP contribution in [-0.4, -0.2) is 60.0 Å². The highest BCUT2D eigenvalue weighted by atomic mass is 79.9. The second-order valence-corrected chi connectivity index (χ2v) is 12.5. The minimum absolute atomic E-state index is 0. The molecular weight excluding hydrogens is 614 g/mol. The summed E-state index contributed by atoms with van der Waals surface area (Å²) in [4.78, 5) is 26.3. The molecule has 0 aliphatic carbocycles. The molecule has 4 atom stereocenters. The number of ether oxygens (including phenoxy) is 3. The van der Waals surface area contributed by atoms with Crippen LogP contribution in [-0.2, 0) is 31.2 Å². The maximum Gasteiger partial charge on any atom is 0.349 e. The molecule has 10 heteroatoms. The van der Waals surface area contributed by atoms with Crippen LogP contribution >= 0.6 is 22.7 Å². The summed E-state index contributed by atoms with van der Waals surface area (Å²) in [5.41, 5.74) is -0.590. The smallest absolute Gasteiger partial charge is 0.349 e. The normalized spacial score (nSPS) is 23.7. The predicted molar refractivity (Wildman–Crippen MR) is 151 cm³/mol. The molecule has 3 aromatic rings. The van der Waals surface area contributed by atoms with Crippen LogP contribution in [0.15, 0.2) is 59.3 Å². The molecule has 1 N–H and O–H groups in total. The van der Waals surface area contributed by atoms with E-state index in [0.717, 1.165) is 42.5 Å². The van der Waals surface area contributed by atoms with Gasteiger partial charge in [-0.25, -0.2) is 4.79 Å². The average Bonchev–Trinajstić information content (AvgIpc) is 3.66. The molecule has 2 aliphatic heterocycles. The fourth-order valence-electron chi connectivity index (χ4n) is 6.19. The molecule has 40 heavy (non-hydrogen) atoms. The molecule has 2 saturated heterocycles. The highest BCUT2D eigenvalue weighted by molar-refractivity contribution is 7.12. The lowest BCUT2D eigenvalue weighted by Crippen LogP contribution is -3.00. The third kappa shape index (κ3) is 6.31. The highest BCUT2D eigenvalue weighted by Crippen LogP contribution is 2.45. The summed E-state index contributed by atoms with van der Waals surface area (Å²) >= 11 is 2.72. The Morgan fingerprint density at radius 2 is 1.68 bits per heavy atom. The van der Waals surface area contributed by atoms with E-state index >= 15 is 0 Å². The summed E-state index contributed by atoms with van der Waals surface area (Å²) in [6, 6.07) is 16.1. The minimum Gasteiger partial charge on any atom is -1.00 e. The van der Waals surface area contributed by atoms with Crippen molar-refractivity contribution in [2.24, 2.45) is 0 Å². The summed E-state index contributed by atoms with van der Waals surface area (Å²) in [6.07, 6.45) is 3.74. The number of aliphatic hydroxyl groups is 1. The second kappa shape index (κ2) is 13.2. The zero-order valence-electron chi connectivity index (χ0n) is 22.8. The summed E-state index contributed by atoms with van der Waals surface area (Å²) in [5, 5.41) is 15.4. The molecule has 0 saturated carbocycles. The number of carbonyl (C=O) groups is 2. The Kier molecular flexibility index (Phi) is 10.1. The molecule has 2 aromatic heterocycles. The number of hydrogen-bond donors (Lipinski definition) is 1. The Morgan fingerprint density at radius 1 is 1.02 bits per heavy atom. The van der Waals surface area contributed by atoms with Crippen molar-refractivity contribution >= 4 is 34.6 Å². The van der Waals surface area contributed by atoms with Crippen LogP contribution in [0, 0.1) is 0 Å². The Labute approximate surface area is 254 Å². The molecule has 2 fully saturated rings. The van der Waals surface area contributed by atoms with Crippen LogP contribution in [0.5, 0.6) is 5.75 Å². The Bertz CT molecular complexity index is 1220. The van der Waals surface area contributed by atoms with Crippen LogP contribution in [0.25, 0.3) is 0 Å². The van der Waals surface area contributed by atoms with Crippen molar-refractivity contribution in [1.82, 2.24) is 0 Å². The van der Waals surface area contributed by atoms with Gasteiger partial charge in [0.25, 0.3) is 0 Å². The molecule has 216 valence electrons. The largest absolute Gasteiger partial charge is 1.00 e. The molecule has 4 heterocycles. The topological polar surface area (TPSA) is 82.1 Å². The SMILES string of the molecule is CCOC(=O)CCOc1cccc(C[N+]2(C)[C@@H]3CC[C@H]2CC(OC(=O)C(O)(c2cccs2)c2cccs2)C3)c1.[Br-]. The molecule has 5 rings (SSSR count). The Balaban J connectivity index is 0.00000370. The van der Waals surface area contributed by atoms with Gasteiger partial charge in [0.1, 0.15) is 18.4 Å². The molecule has 0 radical (unpaired) electrons. The van der Waals surface area contributed by atoms with Crippen LogP contribution in [0.1, 0.15) is 54.3 Å². The number of quaternary nitrogens is 1. The van der Waals surface area contributed by atoms with Crippen molar-refractivity contribution in [1.29, 1.82) is 0 Å². The third-order valence-corrected chi connectivity index (χ3v) is 10.2. The lowest BCUT2D eigenvalue weighted by atomic mass is 9.94. The third-order valence-electron chi connectivity index (χ3n) is 8.20. The standard InChI is InChI=1S/C30H36NO6S2.BrH/c1-3-35-28(32)13-14-36-24-8-4-7-21(17-24)20-31(2)22-11-12-23(31)19-25(18-22)37-29(33)30(34,26-9-5-15-38-26)27-10-6-16-39-27;/h4-10,15-17,22-23,25,34H,3,11-14,18-20H2,1-2H3;1H/q+1;/p-1/t22-,23+,25?,31?;. The van der Waals surface area contributed by atoms with Gasteiger partial charge in [0.2, 0.25) is 5.60 Å². The number of benzene rings is 1. The minimum atomic E-state index is -1.77. The number of hydrogen-bond acceptors (Lipinski definition) is 8. The van der Waals surface area contributed by atoms with Crippen molar-refractivity contribution in [3.63, 3.8) is 0 Å². The quantitative estimate of drug-likeness (QED) is 0.254. The first-order chi connectivity index (χ1) is 18.8. The molecular formula is C30H36BrNO6S2. The van der Waals surface area contributed by atoms with Crippen LogP contribution in [0.2, 0.25) is 0 Å². The van der Waals surface area contributed by atoms with Crippen LogP contribution in [0.3, 0.4) is 0 Å². The summed E-state index contributed by atoms with van der Waals surface area (Å²) in [5.74, 6) is -0.0855. The fourth-order valence-corrected chi connectivity index (χ4v) is 7.90. The van der Waals surface area contributed by atoms with Gasteiger partial charge in [-0.15, -0.1) is 22.7 Å². The van der Waals surface area contributed by atoms with Crippen LogP contribution in [0.4, 0.5) is 0 Å². The van der Waals surface area contributed by atoms with Crippen molar-refractivity contribution in [3.8, 4) is 5.75 Å². The van der Waals surface area contributed by atoms with E-state index in [1.165, 1.54) is 28.2 Å². The Morgan fingerprint density at radius 3 is 2.25 bits per heavy atom. The zero-order valence-corrected chi connectivity index (χ0v) is 26.0. The number of rotatable bonds is 11. The van der Waals surface area contributed by atoms with E-state index in [4.69, 9.17) is 14.2 Å². The van der Waals surface area contributed by atoms with E-state index in [-0.39, 0.29) is 42.1 Å². The number of halogens is 1. The van der Waals surface area contributed by atoms with E-state index in [2.05, 4.69) is 19.2 Å². The monoisotopic (exact) mass is 649 g/mol. The van der Waals surface area contributed by atoms with Gasteiger partial charge in [-0.2, -0.15) is 0 Å². The number of piperidine rings is 1. The van der Waals surface area contributed by atoms with Gasteiger partial charge in [-0.3, -0.25) is 4.79 Å². The van der Waals surface area contributed by atoms with E-state index in [1.54, 1.807) is 19.1 Å². The average molecular weight is 651 g/mol. The number of fused-ring (bicyclic) bond motifs is 2. The highest BCUT2D eigenvalue weighted by Gasteiger charge is 2.54. The summed E-state index contributed by atoms with van der Waals surface area (Å²) in [7, 11) is 2.31. The molecule has 0 spiro atoms. The lowest BCUT2D eigenvalue weighted by molar-refractivity contribution is -0.961. The van der Waals surface area contributed by atoms with Crippen molar-refractivity contribution in [2.75, 3.05) is 20.3 Å². The van der Waals surface area contributed by atoms with Crippen LogP contribution < -0.4 is 21.7 Å². The number of nitrogens with zero attached hydrogens (tertiary/aromatic N) is 1. The molecule has 2 bridgehead atoms. The molecule has 2 aliphatic rings. The van der Waals surface area contributed by atoms with Gasteiger partial charge >= 0.3 is 11.9 Å². The van der Waals surface area contributed by atoms with E-state index in [9.17, 15) is 14.7 Å². The molecule has 0 amide bonds. The maximum absolute atomic E-state index is 13.5. The van der Waals surface area contributed by atoms with Crippen molar-refractivity contribution in [3.05, 3.63) is 74.6 Å². The first-order valence-electron chi connectivity index (χ1n) is 13.6. The fraction of sp³-hybridized carbons (Fsp3) is 0.467. The van der Waals surface area contributed by atoms with Gasteiger partial charge in [-0.05, 0) is 41.9 Å². The predicted octanol–water partition coefficient (Wildman–Crippen LogP) is 2.26. The van der Waals surface area contributed by atoms with Gasteiger partial charge < -0.3 is 40.8 Å². The Hall–Kier alpha value is -2.24. The number of thiophene rings is 2. The summed E-state index contributed by atoms with van der Waals surface area (Å²) in [6.45, 7) is 3.31. The first-order valence-corrected chi connectivity index (χ1v) is 15.3. The van der Waals surface area contributed by atoms with Crippen molar-refractivity contribution < 1.29 is 50.4 Å². The van der Waals surface area contributed by atoms with Gasteiger partial charge in [0, 0.05) is 31.2 Å². The van der Waals surface area contributed by atoms with Gasteiger partial charge in [0.15, 0.2) is 0 Å². The number of esters is 2. The van der Waals surface area contributed by atoms with E-state index < -0.39 is 11.6 Å². The van der Waals surface area contributed by atoms with Gasteiger partial charge in [-0.1, -0.05) is 24.3 Å². The van der Waals surface area contributed by atoms with E-state index in [0.29, 0.717) is 28.4 Å². The van der Waals surface area contributed by atoms with Crippen molar-refractivity contribution in [2.45, 2.75) is 69.4 Å². The molecule has 7 nitrogen and oxygen atoms in total. The second-order valence-electron chi connectivity index (χ2n) is 10.6. The lowest BCUT2D eigenvalue weighted by Gasteiger charge is -2.47. The van der Waals surface area contributed by atoms with E-state index in [1.807, 2.05) is 35.0 Å². The first kappa shape index (κ1) is 30.7. The molecule has 2 unspecified atom stereocenters. The summed E-state index contributed by atoms with van der Waals surface area (Å²) < 4.78 is 17.8. The molecule has 1 aromatic carbocycles. The number of carbonyl (C=O) groups excluding carboxylic acids is 2. The van der Waals surface area contributed by atoms with Gasteiger partial charge in [0.05, 0.1) is 48.5 Å².